The van der Waals surface area contributed by atoms with E-state index in [1.165, 1.54) is 11.3 Å². The van der Waals surface area contributed by atoms with Crippen molar-refractivity contribution in [3.05, 3.63) is 34.2 Å². The lowest BCUT2D eigenvalue weighted by atomic mass is 10.2. The molecule has 0 aliphatic carbocycles. The van der Waals surface area contributed by atoms with Gasteiger partial charge in [-0.2, -0.15) is 0 Å². The van der Waals surface area contributed by atoms with Gasteiger partial charge in [0.15, 0.2) is 0 Å². The van der Waals surface area contributed by atoms with Crippen molar-refractivity contribution in [1.82, 2.24) is 0 Å². The van der Waals surface area contributed by atoms with Crippen molar-refractivity contribution in [1.29, 1.82) is 0 Å². The summed E-state index contributed by atoms with van der Waals surface area (Å²) in [7, 11) is 0. The van der Waals surface area contributed by atoms with Gasteiger partial charge in [0.1, 0.15) is 0 Å². The van der Waals surface area contributed by atoms with E-state index < -0.39 is 0 Å². The number of aryl methyl sites for hydroxylation is 1. The third kappa shape index (κ3) is 1.12. The van der Waals surface area contributed by atoms with Gasteiger partial charge in [0.2, 0.25) is 0 Å². The van der Waals surface area contributed by atoms with Crippen molar-refractivity contribution in [2.75, 3.05) is 0 Å². The van der Waals surface area contributed by atoms with Gasteiger partial charge in [-0.05, 0) is 18.1 Å². The van der Waals surface area contributed by atoms with Gasteiger partial charge in [-0.1, -0.05) is 11.6 Å². The summed E-state index contributed by atoms with van der Waals surface area (Å²) in [5.74, 6) is 0. The second-order valence-corrected chi connectivity index (χ2v) is 3.59. The highest BCUT2D eigenvalue weighted by atomic mass is 35.5. The molecular weight excluding hydrogens is 152 g/mol. The Balaban J connectivity index is 3.29. The number of halogens is 1. The van der Waals surface area contributed by atoms with Crippen LogP contribution in [0.3, 0.4) is 0 Å². The molecule has 0 nitrogen and oxygen atoms in total. The summed E-state index contributed by atoms with van der Waals surface area (Å²) >= 11 is 7.06. The van der Waals surface area contributed by atoms with E-state index in [4.69, 9.17) is 25.4 Å². The van der Waals surface area contributed by atoms with Crippen LogP contribution in [0.1, 0.15) is 16.0 Å². The van der Waals surface area contributed by atoms with Crippen molar-refractivity contribution >= 4 is 22.9 Å². The summed E-state index contributed by atoms with van der Waals surface area (Å²) in [6, 6.07) is 0. The molecule has 0 amide bonds. The van der Waals surface area contributed by atoms with Crippen molar-refractivity contribution in [3.63, 3.8) is 0 Å². The van der Waals surface area contributed by atoms with Crippen LogP contribution < -0.4 is 0 Å². The zero-order valence-corrected chi connectivity index (χ0v) is 6.51. The van der Waals surface area contributed by atoms with Crippen molar-refractivity contribution in [2.24, 2.45) is 0 Å². The van der Waals surface area contributed by atoms with Gasteiger partial charge in [0, 0.05) is 18.7 Å². The molecule has 0 aliphatic rings. The van der Waals surface area contributed by atoms with Crippen LogP contribution in [0.5, 0.6) is 0 Å². The molecule has 0 unspecified atom stereocenters. The van der Waals surface area contributed by atoms with E-state index in [9.17, 15) is 0 Å². The molecule has 0 bridgehead atoms. The maximum absolute atomic E-state index is 5.65. The zero-order valence-electron chi connectivity index (χ0n) is 4.94. The minimum atomic E-state index is 0.513. The zero-order chi connectivity index (χ0) is 7.02. The Bertz CT molecular complexity index is 203. The molecule has 1 aromatic rings. The fourth-order valence-corrected chi connectivity index (χ4v) is 1.70. The smallest absolute Gasteiger partial charge is 0.0969 e. The predicted octanol–water partition coefficient (Wildman–Crippen LogP) is 2.83. The Morgan fingerprint density at radius 1 is 1.33 bits per heavy atom. The van der Waals surface area contributed by atoms with Gasteiger partial charge in [-0.25, -0.2) is 0 Å². The van der Waals surface area contributed by atoms with E-state index in [0.29, 0.717) is 15.5 Å². The van der Waals surface area contributed by atoms with E-state index in [1.807, 2.05) is 6.92 Å². The Morgan fingerprint density at radius 3 is 2.00 bits per heavy atom. The highest BCUT2D eigenvalue weighted by Crippen LogP contribution is 2.30. The fraction of sp³-hybridized carbons (Fsp3) is 0.143. The van der Waals surface area contributed by atoms with Gasteiger partial charge in [-0.15, -0.1) is 11.3 Å². The quantitative estimate of drug-likeness (QED) is 0.542. The first kappa shape index (κ1) is 7.10. The third-order valence-electron chi connectivity index (χ3n) is 1.12. The summed E-state index contributed by atoms with van der Waals surface area (Å²) in [6.45, 7) is 12.9. The number of hydrogen-bond donors (Lipinski definition) is 0. The highest BCUT2D eigenvalue weighted by Gasteiger charge is 2.04. The standard InChI is InChI=1S/C7H5ClS/c1-4-5(2)7(8)9-6(4)3/h1-2H,3H3. The molecule has 2 heteroatoms. The molecule has 0 saturated carbocycles. The maximum Gasteiger partial charge on any atom is 0.0969 e. The third-order valence-corrected chi connectivity index (χ3v) is 2.48. The molecule has 0 aliphatic heterocycles. The first-order valence-electron chi connectivity index (χ1n) is 2.42. The number of rotatable bonds is 0. The van der Waals surface area contributed by atoms with Gasteiger partial charge in [0.25, 0.3) is 0 Å². The Morgan fingerprint density at radius 2 is 1.89 bits per heavy atom. The first-order valence-corrected chi connectivity index (χ1v) is 3.62. The highest BCUT2D eigenvalue weighted by molar-refractivity contribution is 7.16. The van der Waals surface area contributed by atoms with Gasteiger partial charge >= 0.3 is 0 Å². The van der Waals surface area contributed by atoms with Gasteiger partial charge in [0.05, 0.1) is 4.34 Å². The second-order valence-electron chi connectivity index (χ2n) is 1.76. The minimum absolute atomic E-state index is 0.513. The molecule has 0 N–H and O–H groups in total. The molecule has 0 atom stereocenters. The van der Waals surface area contributed by atoms with Crippen LogP contribution in [0.25, 0.3) is 0 Å². The molecule has 1 rings (SSSR count). The molecule has 0 spiro atoms. The number of hydrogen-bond acceptors (Lipinski definition) is 1. The van der Waals surface area contributed by atoms with Crippen LogP contribution in [0, 0.1) is 20.8 Å². The van der Waals surface area contributed by atoms with Crippen LogP contribution >= 0.6 is 22.9 Å². The van der Waals surface area contributed by atoms with Crippen molar-refractivity contribution in [2.45, 2.75) is 6.92 Å². The van der Waals surface area contributed by atoms with Crippen LogP contribution in [-0.2, 0) is 0 Å². The van der Waals surface area contributed by atoms with Crippen LogP contribution in [0.4, 0.5) is 0 Å². The topological polar surface area (TPSA) is 0 Å². The lowest BCUT2D eigenvalue weighted by Crippen LogP contribution is -1.71. The van der Waals surface area contributed by atoms with Gasteiger partial charge in [-0.3, -0.25) is 0 Å². The van der Waals surface area contributed by atoms with Crippen LogP contribution in [0.15, 0.2) is 0 Å². The molecule has 0 aromatic carbocycles. The summed E-state index contributed by atoms with van der Waals surface area (Å²) in [6.07, 6.45) is 0. The molecule has 0 saturated heterocycles. The molecular formula is C7H5ClS. The first-order chi connectivity index (χ1) is 4.13. The van der Waals surface area contributed by atoms with Crippen molar-refractivity contribution < 1.29 is 0 Å². The largest absolute Gasteiger partial charge is 0.128 e. The van der Waals surface area contributed by atoms with E-state index in [1.54, 1.807) is 0 Å². The van der Waals surface area contributed by atoms with Crippen molar-refractivity contribution in [3.8, 4) is 0 Å². The van der Waals surface area contributed by atoms with E-state index in [2.05, 4.69) is 0 Å². The Hall–Kier alpha value is -0.0100. The predicted molar refractivity (Wildman–Crippen MR) is 40.9 cm³/mol. The maximum atomic E-state index is 5.65. The van der Waals surface area contributed by atoms with Gasteiger partial charge < -0.3 is 0 Å². The lowest BCUT2D eigenvalue weighted by Gasteiger charge is -1.86. The number of thiophene rings is 1. The van der Waals surface area contributed by atoms with E-state index in [0.717, 1.165) is 4.88 Å². The summed E-state index contributed by atoms with van der Waals surface area (Å²) in [4.78, 5) is 0.984. The average Bonchev–Trinajstić information content (AvgIpc) is 1.98. The minimum Gasteiger partial charge on any atom is -0.128 e. The summed E-state index contributed by atoms with van der Waals surface area (Å²) in [5.41, 5.74) is 1.13. The summed E-state index contributed by atoms with van der Waals surface area (Å²) in [5, 5.41) is 0. The van der Waals surface area contributed by atoms with Crippen LogP contribution in [-0.4, -0.2) is 0 Å². The SMILES string of the molecule is [CH]c1c(C)sc(Cl)c1[CH]. The second kappa shape index (κ2) is 2.31. The molecule has 1 aromatic heterocycles. The summed E-state index contributed by atoms with van der Waals surface area (Å²) < 4.78 is 0.588. The molecule has 46 valence electrons. The molecule has 4 radical (unpaired) electrons. The van der Waals surface area contributed by atoms with E-state index in [-0.39, 0.29) is 0 Å². The van der Waals surface area contributed by atoms with Crippen LogP contribution in [0.2, 0.25) is 4.34 Å². The molecule has 0 fully saturated rings. The Kier molecular flexibility index (Phi) is 1.83. The average molecular weight is 157 g/mol. The monoisotopic (exact) mass is 156 g/mol. The fourth-order valence-electron chi connectivity index (χ4n) is 0.540. The van der Waals surface area contributed by atoms with E-state index >= 15 is 0 Å². The lowest BCUT2D eigenvalue weighted by molar-refractivity contribution is 1.52. The molecule has 1 heterocycles. The Labute approximate surface area is 64.5 Å². The molecule has 9 heavy (non-hydrogen) atoms. The normalized spacial score (nSPS) is 10.2.